The van der Waals surface area contributed by atoms with Crippen molar-refractivity contribution < 1.29 is 15.0 Å². The number of hydrogen-bond acceptors (Lipinski definition) is 4. The predicted molar refractivity (Wildman–Crippen MR) is 82.8 cm³/mol. The van der Waals surface area contributed by atoms with Crippen molar-refractivity contribution in [2.45, 2.75) is 31.6 Å². The van der Waals surface area contributed by atoms with Gasteiger partial charge in [0.1, 0.15) is 5.76 Å². The van der Waals surface area contributed by atoms with Crippen LogP contribution in [0.1, 0.15) is 37.2 Å². The van der Waals surface area contributed by atoms with E-state index in [0.29, 0.717) is 31.4 Å². The molecule has 1 aliphatic carbocycles. The predicted octanol–water partition coefficient (Wildman–Crippen LogP) is 2.79. The van der Waals surface area contributed by atoms with Crippen molar-refractivity contribution in [3.63, 3.8) is 0 Å². The van der Waals surface area contributed by atoms with Crippen LogP contribution in [-0.2, 0) is 4.79 Å². The largest absolute Gasteiger partial charge is 0.511 e. The van der Waals surface area contributed by atoms with Gasteiger partial charge in [-0.2, -0.15) is 0 Å². The van der Waals surface area contributed by atoms with Crippen LogP contribution in [0.3, 0.4) is 0 Å². The summed E-state index contributed by atoms with van der Waals surface area (Å²) in [5, 5.41) is 18.8. The quantitative estimate of drug-likeness (QED) is 0.624. The number of carbonyl (C=O) groups excluding carboxylic acids is 1. The maximum atomic E-state index is 12.2. The minimum atomic E-state index is -0.0569. The molecule has 21 heavy (non-hydrogen) atoms. The van der Waals surface area contributed by atoms with Crippen LogP contribution in [-0.4, -0.2) is 35.4 Å². The summed E-state index contributed by atoms with van der Waals surface area (Å²) >= 11 is 0. The molecule has 0 amide bonds. The lowest BCUT2D eigenvalue weighted by molar-refractivity contribution is -0.116. The van der Waals surface area contributed by atoms with Gasteiger partial charge in [0.25, 0.3) is 0 Å². The minimum absolute atomic E-state index is 0.0465. The molecule has 112 valence electrons. The van der Waals surface area contributed by atoms with Crippen LogP contribution in [0.2, 0.25) is 0 Å². The Kier molecular flexibility index (Phi) is 5.69. The van der Waals surface area contributed by atoms with Crippen molar-refractivity contribution in [2.24, 2.45) is 4.99 Å². The maximum Gasteiger partial charge on any atom is 0.168 e. The van der Waals surface area contributed by atoms with Gasteiger partial charge in [0.2, 0.25) is 0 Å². The van der Waals surface area contributed by atoms with Crippen molar-refractivity contribution in [2.75, 3.05) is 13.2 Å². The molecular formula is C17H21NO3. The molecule has 4 nitrogen and oxygen atoms in total. The number of hydrogen-bond donors (Lipinski definition) is 2. The fourth-order valence-corrected chi connectivity index (χ4v) is 2.49. The lowest BCUT2D eigenvalue weighted by Gasteiger charge is -2.22. The molecule has 2 N–H and O–H groups in total. The highest BCUT2D eigenvalue weighted by Crippen LogP contribution is 2.32. The van der Waals surface area contributed by atoms with E-state index in [0.717, 1.165) is 12.0 Å². The van der Waals surface area contributed by atoms with Gasteiger partial charge in [0, 0.05) is 32.2 Å². The van der Waals surface area contributed by atoms with Gasteiger partial charge >= 0.3 is 0 Å². The Hall–Kier alpha value is -1.94. The Morgan fingerprint density at radius 3 is 2.62 bits per heavy atom. The molecule has 2 rings (SSSR count). The van der Waals surface area contributed by atoms with Gasteiger partial charge in [0.15, 0.2) is 5.78 Å². The number of ketones is 1. The van der Waals surface area contributed by atoms with Crippen LogP contribution in [0.4, 0.5) is 0 Å². The molecule has 0 aromatic heterocycles. The Morgan fingerprint density at radius 2 is 1.95 bits per heavy atom. The average molecular weight is 287 g/mol. The lowest BCUT2D eigenvalue weighted by atomic mass is 9.83. The first-order valence-electron chi connectivity index (χ1n) is 7.33. The summed E-state index contributed by atoms with van der Waals surface area (Å²) in [6, 6.07) is 9.80. The monoisotopic (exact) mass is 287 g/mol. The van der Waals surface area contributed by atoms with Gasteiger partial charge in [-0.25, -0.2) is 0 Å². The number of nitrogens with zero attached hydrogens (tertiary/aromatic N) is 1. The van der Waals surface area contributed by atoms with Gasteiger partial charge in [0.05, 0.1) is 5.57 Å². The highest BCUT2D eigenvalue weighted by Gasteiger charge is 2.27. The Bertz CT molecular complexity index is 534. The average Bonchev–Trinajstić information content (AvgIpc) is 2.50. The van der Waals surface area contributed by atoms with Crippen molar-refractivity contribution in [3.05, 3.63) is 47.2 Å². The zero-order chi connectivity index (χ0) is 15.1. The van der Waals surface area contributed by atoms with E-state index in [-0.39, 0.29) is 24.1 Å². The Morgan fingerprint density at radius 1 is 1.19 bits per heavy atom. The van der Waals surface area contributed by atoms with Crippen LogP contribution in [0.15, 0.2) is 46.7 Å². The van der Waals surface area contributed by atoms with E-state index in [1.807, 2.05) is 30.3 Å². The molecule has 0 bridgehead atoms. The van der Waals surface area contributed by atoms with E-state index in [4.69, 9.17) is 5.11 Å². The summed E-state index contributed by atoms with van der Waals surface area (Å²) in [5.41, 5.74) is 1.42. The normalized spacial score (nSPS) is 19.5. The molecule has 1 atom stereocenters. The number of aliphatic hydroxyl groups is 2. The summed E-state index contributed by atoms with van der Waals surface area (Å²) in [6.45, 7) is 0.716. The van der Waals surface area contributed by atoms with Gasteiger partial charge in [-0.1, -0.05) is 30.3 Å². The molecule has 1 aromatic carbocycles. The maximum absolute atomic E-state index is 12.2. The van der Waals surface area contributed by atoms with Crippen LogP contribution in [0, 0.1) is 0 Å². The summed E-state index contributed by atoms with van der Waals surface area (Å²) in [7, 11) is 0. The van der Waals surface area contributed by atoms with Gasteiger partial charge in [-0.05, 0) is 24.3 Å². The number of aliphatic imine (C=N–C) groups is 1. The number of Topliss-reactive ketones (excluding diaryl/α,β-unsaturated/α-hetero) is 1. The lowest BCUT2D eigenvalue weighted by Crippen LogP contribution is -2.19. The SMILES string of the molecule is O=C1CC(c2ccccc2)CC(O)=C1C=NCCCCO. The summed E-state index contributed by atoms with van der Waals surface area (Å²) < 4.78 is 0. The second-order valence-corrected chi connectivity index (χ2v) is 5.27. The Labute approximate surface area is 124 Å². The fraction of sp³-hybridized carbons (Fsp3) is 0.412. The Balaban J connectivity index is 2.02. The molecule has 0 fully saturated rings. The van der Waals surface area contributed by atoms with E-state index < -0.39 is 0 Å². The third-order valence-electron chi connectivity index (χ3n) is 3.67. The number of unbranched alkanes of at least 4 members (excludes halogenated alkanes) is 1. The van der Waals surface area contributed by atoms with E-state index in [1.54, 1.807) is 0 Å². The van der Waals surface area contributed by atoms with Crippen molar-refractivity contribution in [1.29, 1.82) is 0 Å². The smallest absolute Gasteiger partial charge is 0.168 e. The molecule has 0 radical (unpaired) electrons. The summed E-state index contributed by atoms with van der Waals surface area (Å²) in [4.78, 5) is 16.3. The van der Waals surface area contributed by atoms with E-state index in [1.165, 1.54) is 6.21 Å². The first-order valence-corrected chi connectivity index (χ1v) is 7.33. The second kappa shape index (κ2) is 7.74. The van der Waals surface area contributed by atoms with Crippen LogP contribution >= 0.6 is 0 Å². The van der Waals surface area contributed by atoms with E-state index >= 15 is 0 Å². The molecule has 1 aliphatic rings. The molecule has 0 saturated carbocycles. The molecule has 4 heteroatoms. The third kappa shape index (κ3) is 4.26. The highest BCUT2D eigenvalue weighted by atomic mass is 16.3. The molecule has 0 spiro atoms. The minimum Gasteiger partial charge on any atom is -0.511 e. The van der Waals surface area contributed by atoms with Gasteiger partial charge in [-0.15, -0.1) is 0 Å². The van der Waals surface area contributed by atoms with Crippen molar-refractivity contribution in [1.82, 2.24) is 0 Å². The van der Waals surface area contributed by atoms with Crippen LogP contribution in [0.25, 0.3) is 0 Å². The third-order valence-corrected chi connectivity index (χ3v) is 3.67. The van der Waals surface area contributed by atoms with Gasteiger partial charge in [-0.3, -0.25) is 9.79 Å². The molecule has 0 aliphatic heterocycles. The molecule has 1 aromatic rings. The molecular weight excluding hydrogens is 266 g/mol. The zero-order valence-corrected chi connectivity index (χ0v) is 12.0. The number of benzene rings is 1. The fourth-order valence-electron chi connectivity index (χ4n) is 2.49. The van der Waals surface area contributed by atoms with Gasteiger partial charge < -0.3 is 10.2 Å². The van der Waals surface area contributed by atoms with E-state index in [2.05, 4.69) is 4.99 Å². The summed E-state index contributed by atoms with van der Waals surface area (Å²) in [6.07, 6.45) is 3.85. The molecule has 1 unspecified atom stereocenters. The number of allylic oxidation sites excluding steroid dienone is 2. The summed E-state index contributed by atoms with van der Waals surface area (Å²) in [5.74, 6) is 0.120. The number of rotatable bonds is 6. The van der Waals surface area contributed by atoms with Crippen LogP contribution < -0.4 is 0 Å². The van der Waals surface area contributed by atoms with E-state index in [9.17, 15) is 9.90 Å². The topological polar surface area (TPSA) is 69.9 Å². The van der Waals surface area contributed by atoms with Crippen LogP contribution in [0.5, 0.6) is 0 Å². The first-order chi connectivity index (χ1) is 10.2. The second-order valence-electron chi connectivity index (χ2n) is 5.27. The first kappa shape index (κ1) is 15.4. The van der Waals surface area contributed by atoms with Crippen molar-refractivity contribution >= 4 is 12.0 Å². The van der Waals surface area contributed by atoms with Crippen molar-refractivity contribution in [3.8, 4) is 0 Å². The molecule has 0 saturated heterocycles. The number of carbonyl (C=O) groups is 1. The standard InChI is InChI=1S/C17H21NO3/c19-9-5-4-8-18-12-15-16(20)10-14(11-17(15)21)13-6-2-1-3-7-13/h1-3,6-7,12,14,19-20H,4-5,8-11H2. The number of aliphatic hydroxyl groups excluding tert-OH is 2. The zero-order valence-electron chi connectivity index (χ0n) is 12.0. The highest BCUT2D eigenvalue weighted by molar-refractivity contribution is 6.14. The molecule has 0 heterocycles.